The molecule has 3 rings (SSSR count). The third-order valence-corrected chi connectivity index (χ3v) is 2.95. The van der Waals surface area contributed by atoms with Crippen molar-refractivity contribution < 1.29 is 8.78 Å². The summed E-state index contributed by atoms with van der Waals surface area (Å²) in [6.07, 6.45) is 1.71. The molecule has 0 radical (unpaired) electrons. The summed E-state index contributed by atoms with van der Waals surface area (Å²) >= 11 is 0. The van der Waals surface area contributed by atoms with Crippen LogP contribution in [0.4, 0.5) is 8.78 Å². The minimum Gasteiger partial charge on any atom is -0.247 e. The van der Waals surface area contributed by atoms with Crippen molar-refractivity contribution in [1.82, 2.24) is 15.0 Å². The Bertz CT molecular complexity index is 723. The summed E-state index contributed by atoms with van der Waals surface area (Å²) in [5.74, 6) is -0.923. The van der Waals surface area contributed by atoms with Crippen molar-refractivity contribution in [3.8, 4) is 11.3 Å². The average Bonchev–Trinajstić information content (AvgIpc) is 2.92. The molecule has 100 valence electrons. The Balaban J connectivity index is 1.86. The molecule has 20 heavy (non-hydrogen) atoms. The highest BCUT2D eigenvalue weighted by atomic mass is 19.1. The molecule has 1 aromatic heterocycles. The molecule has 5 heteroatoms. The maximum Gasteiger partial charge on any atom is 0.128 e. The second-order valence-corrected chi connectivity index (χ2v) is 4.40. The molecule has 0 bridgehead atoms. The number of halogens is 2. The van der Waals surface area contributed by atoms with Crippen LogP contribution in [0.15, 0.2) is 54.7 Å². The Morgan fingerprint density at radius 3 is 2.60 bits per heavy atom. The fourth-order valence-electron chi connectivity index (χ4n) is 1.96. The van der Waals surface area contributed by atoms with Crippen LogP contribution in [0.1, 0.15) is 5.56 Å². The second kappa shape index (κ2) is 5.21. The Morgan fingerprint density at radius 1 is 1.00 bits per heavy atom. The van der Waals surface area contributed by atoms with E-state index in [1.807, 2.05) is 30.3 Å². The van der Waals surface area contributed by atoms with Gasteiger partial charge >= 0.3 is 0 Å². The maximum atomic E-state index is 13.6. The maximum absolute atomic E-state index is 13.6. The first-order valence-corrected chi connectivity index (χ1v) is 6.12. The molecule has 0 spiro atoms. The van der Waals surface area contributed by atoms with Gasteiger partial charge in [-0.15, -0.1) is 5.10 Å². The quantitative estimate of drug-likeness (QED) is 0.732. The molecule has 0 saturated heterocycles. The monoisotopic (exact) mass is 271 g/mol. The third-order valence-electron chi connectivity index (χ3n) is 2.95. The first-order chi connectivity index (χ1) is 9.72. The van der Waals surface area contributed by atoms with E-state index < -0.39 is 11.6 Å². The third kappa shape index (κ3) is 2.56. The fraction of sp³-hybridized carbons (Fsp3) is 0.0667. The van der Waals surface area contributed by atoms with Crippen LogP contribution < -0.4 is 0 Å². The van der Waals surface area contributed by atoms with E-state index in [9.17, 15) is 8.78 Å². The van der Waals surface area contributed by atoms with Gasteiger partial charge in [-0.05, 0) is 18.2 Å². The van der Waals surface area contributed by atoms with E-state index in [-0.39, 0.29) is 12.1 Å². The smallest absolute Gasteiger partial charge is 0.128 e. The Labute approximate surface area is 114 Å². The molecule has 0 N–H and O–H groups in total. The number of benzene rings is 2. The summed E-state index contributed by atoms with van der Waals surface area (Å²) < 4.78 is 28.2. The van der Waals surface area contributed by atoms with Gasteiger partial charge in [-0.25, -0.2) is 13.5 Å². The molecule has 1 heterocycles. The minimum absolute atomic E-state index is 0.142. The van der Waals surface area contributed by atoms with Gasteiger partial charge in [-0.3, -0.25) is 0 Å². The first-order valence-electron chi connectivity index (χ1n) is 6.12. The lowest BCUT2D eigenvalue weighted by molar-refractivity contribution is 0.560. The molecular formula is C15H11F2N3. The molecule has 2 aromatic carbocycles. The lowest BCUT2D eigenvalue weighted by atomic mass is 10.2. The standard InChI is InChI=1S/C15H11F2N3/c16-13-6-7-14(17)12(8-13)9-20-10-15(18-19-20)11-4-2-1-3-5-11/h1-8,10H,9H2. The van der Waals surface area contributed by atoms with Gasteiger partial charge in [0.15, 0.2) is 0 Å². The summed E-state index contributed by atoms with van der Waals surface area (Å²) in [4.78, 5) is 0. The predicted molar refractivity (Wildman–Crippen MR) is 70.9 cm³/mol. The number of hydrogen-bond donors (Lipinski definition) is 0. The van der Waals surface area contributed by atoms with E-state index >= 15 is 0 Å². The van der Waals surface area contributed by atoms with Crippen molar-refractivity contribution in [2.75, 3.05) is 0 Å². The largest absolute Gasteiger partial charge is 0.247 e. The van der Waals surface area contributed by atoms with Crippen LogP contribution in [0.3, 0.4) is 0 Å². The van der Waals surface area contributed by atoms with Gasteiger partial charge in [0.05, 0.1) is 12.7 Å². The summed E-state index contributed by atoms with van der Waals surface area (Å²) in [7, 11) is 0. The highest BCUT2D eigenvalue weighted by Crippen LogP contribution is 2.16. The van der Waals surface area contributed by atoms with Gasteiger partial charge in [-0.1, -0.05) is 35.5 Å². The van der Waals surface area contributed by atoms with Crippen molar-refractivity contribution in [1.29, 1.82) is 0 Å². The van der Waals surface area contributed by atoms with Crippen molar-refractivity contribution in [3.63, 3.8) is 0 Å². The second-order valence-electron chi connectivity index (χ2n) is 4.40. The molecule has 0 saturated carbocycles. The average molecular weight is 271 g/mol. The van der Waals surface area contributed by atoms with Crippen LogP contribution in [0.25, 0.3) is 11.3 Å². The molecule has 3 aromatic rings. The van der Waals surface area contributed by atoms with E-state index in [4.69, 9.17) is 0 Å². The highest BCUT2D eigenvalue weighted by Gasteiger charge is 2.07. The van der Waals surface area contributed by atoms with Gasteiger partial charge in [0.1, 0.15) is 17.3 Å². The van der Waals surface area contributed by atoms with Gasteiger partial charge in [-0.2, -0.15) is 0 Å². The first kappa shape index (κ1) is 12.5. The zero-order valence-corrected chi connectivity index (χ0v) is 10.5. The Morgan fingerprint density at radius 2 is 1.80 bits per heavy atom. The molecular weight excluding hydrogens is 260 g/mol. The number of aromatic nitrogens is 3. The van der Waals surface area contributed by atoms with Crippen LogP contribution >= 0.6 is 0 Å². The van der Waals surface area contributed by atoms with Gasteiger partial charge in [0.25, 0.3) is 0 Å². The minimum atomic E-state index is -0.468. The molecule has 0 fully saturated rings. The fourth-order valence-corrected chi connectivity index (χ4v) is 1.96. The van der Waals surface area contributed by atoms with E-state index in [2.05, 4.69) is 10.3 Å². The lowest BCUT2D eigenvalue weighted by Gasteiger charge is -2.02. The molecule has 0 atom stereocenters. The molecule has 3 nitrogen and oxygen atoms in total. The Hall–Kier alpha value is -2.56. The van der Waals surface area contributed by atoms with Crippen LogP contribution in [0.2, 0.25) is 0 Å². The topological polar surface area (TPSA) is 30.7 Å². The van der Waals surface area contributed by atoms with Crippen molar-refractivity contribution in [3.05, 3.63) is 71.9 Å². The summed E-state index contributed by atoms with van der Waals surface area (Å²) in [6, 6.07) is 12.9. The highest BCUT2D eigenvalue weighted by molar-refractivity contribution is 5.57. The van der Waals surface area contributed by atoms with Crippen molar-refractivity contribution in [2.24, 2.45) is 0 Å². The van der Waals surface area contributed by atoms with E-state index in [1.165, 1.54) is 10.7 Å². The van der Waals surface area contributed by atoms with E-state index in [0.29, 0.717) is 5.69 Å². The summed E-state index contributed by atoms with van der Waals surface area (Å²) in [5.41, 5.74) is 1.87. The van der Waals surface area contributed by atoms with E-state index in [1.54, 1.807) is 6.20 Å². The van der Waals surface area contributed by atoms with Gasteiger partial charge in [0, 0.05) is 11.1 Å². The molecule has 0 aliphatic carbocycles. The number of hydrogen-bond acceptors (Lipinski definition) is 2. The zero-order chi connectivity index (χ0) is 13.9. The van der Waals surface area contributed by atoms with Gasteiger partial charge in [0.2, 0.25) is 0 Å². The summed E-state index contributed by atoms with van der Waals surface area (Å²) in [5, 5.41) is 7.97. The van der Waals surface area contributed by atoms with E-state index in [0.717, 1.165) is 17.7 Å². The number of nitrogens with zero attached hydrogens (tertiary/aromatic N) is 3. The van der Waals surface area contributed by atoms with Gasteiger partial charge < -0.3 is 0 Å². The lowest BCUT2D eigenvalue weighted by Crippen LogP contribution is -2.03. The Kier molecular flexibility index (Phi) is 3.25. The molecule has 0 unspecified atom stereocenters. The van der Waals surface area contributed by atoms with Crippen molar-refractivity contribution in [2.45, 2.75) is 6.54 Å². The van der Waals surface area contributed by atoms with Crippen molar-refractivity contribution >= 4 is 0 Å². The number of rotatable bonds is 3. The molecule has 0 amide bonds. The SMILES string of the molecule is Fc1ccc(F)c(Cn2cc(-c3ccccc3)nn2)c1. The normalized spacial score (nSPS) is 10.7. The van der Waals surface area contributed by atoms with Crippen LogP contribution in [0, 0.1) is 11.6 Å². The van der Waals surface area contributed by atoms with Crippen LogP contribution in [-0.2, 0) is 6.54 Å². The molecule has 0 aliphatic rings. The predicted octanol–water partition coefficient (Wildman–Crippen LogP) is 3.27. The van der Waals surface area contributed by atoms with Crippen LogP contribution in [0.5, 0.6) is 0 Å². The zero-order valence-electron chi connectivity index (χ0n) is 10.5. The van der Waals surface area contributed by atoms with Crippen LogP contribution in [-0.4, -0.2) is 15.0 Å². The molecule has 0 aliphatic heterocycles. The summed E-state index contributed by atoms with van der Waals surface area (Å²) in [6.45, 7) is 0.142.